The van der Waals surface area contributed by atoms with E-state index in [9.17, 15) is 15.4 Å². The van der Waals surface area contributed by atoms with Gasteiger partial charge in [-0.3, -0.25) is 0 Å². The van der Waals surface area contributed by atoms with Crippen molar-refractivity contribution < 1.29 is 20.1 Å². The summed E-state index contributed by atoms with van der Waals surface area (Å²) in [6.07, 6.45) is -0.522. The summed E-state index contributed by atoms with van der Waals surface area (Å²) >= 11 is 0. The monoisotopic (exact) mass is 160 g/mol. The molecule has 2 aliphatic rings. The topological polar surface area (TPSA) is 60.7 Å². The smallest absolute Gasteiger partial charge is 0.137 e. The summed E-state index contributed by atoms with van der Waals surface area (Å²) in [5, 5.41) is 28.4. The number of piperidine rings is 1. The number of hydroxylamine groups is 3. The maximum absolute atomic E-state index is 9.68. The van der Waals surface area contributed by atoms with Crippen LogP contribution in [0, 0.1) is 5.92 Å². The molecule has 11 heavy (non-hydrogen) atoms. The van der Waals surface area contributed by atoms with Gasteiger partial charge < -0.3 is 10.2 Å². The van der Waals surface area contributed by atoms with E-state index in [0.29, 0.717) is 13.1 Å². The zero-order valence-electron chi connectivity index (χ0n) is 6.35. The molecule has 4 unspecified atom stereocenters. The number of hydrogen-bond donors (Lipinski definition) is 3. The van der Waals surface area contributed by atoms with E-state index < -0.39 is 12.2 Å². The van der Waals surface area contributed by atoms with Gasteiger partial charge in [-0.15, -0.1) is 0 Å². The van der Waals surface area contributed by atoms with Crippen LogP contribution < -0.4 is 0 Å². The Labute approximate surface area is 65.2 Å². The summed E-state index contributed by atoms with van der Waals surface area (Å²) in [6.45, 7) is 1.58. The van der Waals surface area contributed by atoms with Gasteiger partial charge in [0.2, 0.25) is 0 Å². The third-order valence-corrected chi connectivity index (χ3v) is 2.89. The molecule has 4 nitrogen and oxygen atoms in total. The largest absolute Gasteiger partial charge is 0.390 e. The molecule has 0 spiro atoms. The molecule has 0 radical (unpaired) electrons. The van der Waals surface area contributed by atoms with Crippen LogP contribution in [-0.4, -0.2) is 51.9 Å². The first kappa shape index (κ1) is 7.49. The van der Waals surface area contributed by atoms with Crippen molar-refractivity contribution in [3.05, 3.63) is 0 Å². The Morgan fingerprint density at radius 3 is 2.64 bits per heavy atom. The molecule has 0 aromatic heterocycles. The second-order valence-electron chi connectivity index (χ2n) is 3.79. The van der Waals surface area contributed by atoms with Gasteiger partial charge in [-0.1, -0.05) is 0 Å². The average Bonchev–Trinajstić information content (AvgIpc) is 2.25. The fraction of sp³-hybridized carbons (Fsp3) is 1.00. The van der Waals surface area contributed by atoms with Crippen LogP contribution in [0.5, 0.6) is 0 Å². The highest BCUT2D eigenvalue weighted by Crippen LogP contribution is 2.31. The highest BCUT2D eigenvalue weighted by Gasteiger charge is 2.50. The first-order valence-corrected chi connectivity index (χ1v) is 4.06. The zero-order chi connectivity index (χ0) is 8.06. The molecular formula is C7H14NO3+. The minimum Gasteiger partial charge on any atom is -0.390 e. The summed E-state index contributed by atoms with van der Waals surface area (Å²) < 4.78 is -0.0388. The van der Waals surface area contributed by atoms with Gasteiger partial charge in [-0.05, 0) is 0 Å². The molecule has 2 bridgehead atoms. The lowest BCUT2D eigenvalue weighted by atomic mass is 9.95. The first-order valence-electron chi connectivity index (χ1n) is 4.06. The van der Waals surface area contributed by atoms with Gasteiger partial charge in [0, 0.05) is 12.3 Å². The molecule has 0 aliphatic carbocycles. The predicted molar refractivity (Wildman–Crippen MR) is 36.8 cm³/mol. The SMILES string of the molecule is OC1C[N+]2(O)CCC(C2)C1O. The van der Waals surface area contributed by atoms with Gasteiger partial charge in [0.15, 0.2) is 0 Å². The van der Waals surface area contributed by atoms with E-state index in [1.165, 1.54) is 0 Å². The zero-order valence-corrected chi connectivity index (χ0v) is 6.35. The van der Waals surface area contributed by atoms with Crippen molar-refractivity contribution >= 4 is 0 Å². The second-order valence-corrected chi connectivity index (χ2v) is 3.79. The Balaban J connectivity index is 2.17. The number of aliphatic hydroxyl groups excluding tert-OH is 2. The number of quaternary nitrogens is 1. The van der Waals surface area contributed by atoms with Gasteiger partial charge in [-0.2, -0.15) is 4.65 Å². The summed E-state index contributed by atoms with van der Waals surface area (Å²) in [5.74, 6) is 0.101. The van der Waals surface area contributed by atoms with Gasteiger partial charge in [0.25, 0.3) is 0 Å². The van der Waals surface area contributed by atoms with Crippen molar-refractivity contribution in [3.8, 4) is 0 Å². The minimum absolute atomic E-state index is 0.0388. The predicted octanol–water partition coefficient (Wildman–Crippen LogP) is -1.05. The first-order chi connectivity index (χ1) is 5.11. The summed E-state index contributed by atoms with van der Waals surface area (Å²) in [4.78, 5) is 0. The highest BCUT2D eigenvalue weighted by atomic mass is 16.6. The van der Waals surface area contributed by atoms with Crippen molar-refractivity contribution in [2.75, 3.05) is 19.6 Å². The van der Waals surface area contributed by atoms with Crippen LogP contribution in [0.15, 0.2) is 0 Å². The van der Waals surface area contributed by atoms with Crippen molar-refractivity contribution in [1.82, 2.24) is 0 Å². The van der Waals surface area contributed by atoms with Crippen LogP contribution in [0.1, 0.15) is 6.42 Å². The quantitative estimate of drug-likeness (QED) is 0.396. The third-order valence-electron chi connectivity index (χ3n) is 2.89. The lowest BCUT2D eigenvalue weighted by Crippen LogP contribution is -2.56. The average molecular weight is 160 g/mol. The standard InChI is InChI=1S/C7H14NO3/c9-6-4-8(11)2-1-5(3-8)7(6)10/h5-7,9-11H,1-4H2/q+1. The fourth-order valence-electron chi connectivity index (χ4n) is 2.24. The van der Waals surface area contributed by atoms with Crippen LogP contribution in [0.2, 0.25) is 0 Å². The van der Waals surface area contributed by atoms with E-state index in [4.69, 9.17) is 0 Å². The lowest BCUT2D eigenvalue weighted by molar-refractivity contribution is -1.10. The Morgan fingerprint density at radius 2 is 1.91 bits per heavy atom. The Hall–Kier alpha value is -0.160. The van der Waals surface area contributed by atoms with E-state index in [1.807, 2.05) is 0 Å². The molecule has 2 rings (SSSR count). The summed E-state index contributed by atoms with van der Waals surface area (Å²) in [6, 6.07) is 0. The number of aliphatic hydroxyl groups is 2. The molecule has 3 N–H and O–H groups in total. The van der Waals surface area contributed by atoms with Crippen molar-refractivity contribution in [1.29, 1.82) is 0 Å². The Bertz CT molecular complexity index is 175. The lowest BCUT2D eigenvalue weighted by Gasteiger charge is -2.34. The van der Waals surface area contributed by atoms with Crippen molar-refractivity contribution in [2.24, 2.45) is 5.92 Å². The van der Waals surface area contributed by atoms with Crippen molar-refractivity contribution in [2.45, 2.75) is 18.6 Å². The molecule has 2 aliphatic heterocycles. The molecule has 0 saturated carbocycles. The minimum atomic E-state index is -0.735. The number of fused-ring (bicyclic) bond motifs is 2. The number of rotatable bonds is 0. The third kappa shape index (κ3) is 1.06. The van der Waals surface area contributed by atoms with Gasteiger partial charge in [-0.25, -0.2) is 5.21 Å². The highest BCUT2D eigenvalue weighted by molar-refractivity contribution is 4.83. The van der Waals surface area contributed by atoms with E-state index in [1.54, 1.807) is 0 Å². The second kappa shape index (κ2) is 2.17. The van der Waals surface area contributed by atoms with E-state index in [0.717, 1.165) is 6.42 Å². The molecule has 64 valence electrons. The molecule has 2 saturated heterocycles. The normalized spacial score (nSPS) is 56.5. The van der Waals surface area contributed by atoms with Gasteiger partial charge >= 0.3 is 0 Å². The fourth-order valence-corrected chi connectivity index (χ4v) is 2.24. The maximum atomic E-state index is 9.68. The summed E-state index contributed by atoms with van der Waals surface area (Å²) in [7, 11) is 0. The Morgan fingerprint density at radius 1 is 1.18 bits per heavy atom. The van der Waals surface area contributed by atoms with E-state index >= 15 is 0 Å². The Kier molecular flexibility index (Phi) is 1.47. The molecule has 2 fully saturated rings. The van der Waals surface area contributed by atoms with Gasteiger partial charge in [0.05, 0.1) is 6.10 Å². The molecule has 4 heteroatoms. The van der Waals surface area contributed by atoms with Crippen LogP contribution in [0.25, 0.3) is 0 Å². The molecule has 0 aromatic carbocycles. The molecule has 0 amide bonds. The summed E-state index contributed by atoms with van der Waals surface area (Å²) in [5.41, 5.74) is 0. The molecule has 4 atom stereocenters. The molecule has 0 aromatic rings. The molecule has 2 heterocycles. The van der Waals surface area contributed by atoms with E-state index in [-0.39, 0.29) is 17.1 Å². The maximum Gasteiger partial charge on any atom is 0.137 e. The molecular weight excluding hydrogens is 146 g/mol. The number of hydrogen-bond acceptors (Lipinski definition) is 3. The van der Waals surface area contributed by atoms with E-state index in [2.05, 4.69) is 0 Å². The van der Waals surface area contributed by atoms with Crippen LogP contribution in [0.3, 0.4) is 0 Å². The number of nitrogens with zero attached hydrogens (tertiary/aromatic N) is 1. The van der Waals surface area contributed by atoms with Crippen LogP contribution in [0.4, 0.5) is 0 Å². The van der Waals surface area contributed by atoms with Crippen LogP contribution in [-0.2, 0) is 0 Å². The van der Waals surface area contributed by atoms with Gasteiger partial charge in [0.1, 0.15) is 25.7 Å². The van der Waals surface area contributed by atoms with Crippen molar-refractivity contribution in [3.63, 3.8) is 0 Å². The van der Waals surface area contributed by atoms with Crippen LogP contribution >= 0.6 is 0 Å².